The lowest BCUT2D eigenvalue weighted by atomic mass is 9.56. The Bertz CT molecular complexity index is 1600. The highest BCUT2D eigenvalue weighted by Crippen LogP contribution is 2.47. The molecule has 1 aliphatic rings. The van der Waals surface area contributed by atoms with Crippen molar-refractivity contribution >= 4 is 35.3 Å². The number of carbonyl (C=O) groups is 4. The quantitative estimate of drug-likeness (QED) is 0.117. The van der Waals surface area contributed by atoms with Crippen LogP contribution < -0.4 is 20.9 Å². The van der Waals surface area contributed by atoms with E-state index in [1.54, 1.807) is 0 Å². The minimum atomic E-state index is -1.70. The van der Waals surface area contributed by atoms with E-state index in [0.29, 0.717) is 11.4 Å². The minimum absolute atomic E-state index is 0.380. The van der Waals surface area contributed by atoms with E-state index in [1.165, 1.54) is 0 Å². The minimum Gasteiger partial charge on any atom is -0.481 e. The van der Waals surface area contributed by atoms with Crippen LogP contribution in [0, 0.1) is 23.7 Å². The van der Waals surface area contributed by atoms with Gasteiger partial charge in [0.15, 0.2) is 0 Å². The molecule has 0 aromatic heterocycles. The summed E-state index contributed by atoms with van der Waals surface area (Å²) >= 11 is 0. The summed E-state index contributed by atoms with van der Waals surface area (Å²) in [6.07, 6.45) is 0. The lowest BCUT2D eigenvalue weighted by Gasteiger charge is -2.42. The Balaban J connectivity index is 0.000000264. The second-order valence-electron chi connectivity index (χ2n) is 11.4. The summed E-state index contributed by atoms with van der Waals surface area (Å²) in [7, 11) is 0. The second-order valence-corrected chi connectivity index (χ2v) is 11.4. The third kappa shape index (κ3) is 7.44. The molecule has 0 atom stereocenters. The number of hydrogen-bond acceptors (Lipinski definition) is 8. The van der Waals surface area contributed by atoms with Crippen LogP contribution >= 0.6 is 0 Å². The van der Waals surface area contributed by atoms with Crippen molar-refractivity contribution in [2.75, 3.05) is 11.5 Å². The topological polar surface area (TPSA) is 220 Å². The van der Waals surface area contributed by atoms with E-state index >= 15 is 0 Å². The number of para-hydroxylation sites is 2. The highest BCUT2D eigenvalue weighted by molar-refractivity contribution is 5.96. The fraction of sp³-hybridized carbons (Fsp3) is 0.200. The van der Waals surface area contributed by atoms with E-state index in [4.69, 9.17) is 41.4 Å². The van der Waals surface area contributed by atoms with Gasteiger partial charge in [0.05, 0.1) is 23.7 Å². The summed E-state index contributed by atoms with van der Waals surface area (Å²) in [5.41, 5.74) is 14.8. The number of carboxylic acids is 4. The molecule has 1 fully saturated rings. The van der Waals surface area contributed by atoms with E-state index in [9.17, 15) is 19.2 Å². The third-order valence-electron chi connectivity index (χ3n) is 8.02. The second kappa shape index (κ2) is 13.9. The van der Waals surface area contributed by atoms with Crippen LogP contribution in [0.25, 0.3) is 0 Å². The van der Waals surface area contributed by atoms with Gasteiger partial charge < -0.3 is 41.4 Å². The number of aliphatic carboxylic acids is 4. The SMILES string of the molecule is CC(C)(c1ccccc1Oc1ccc(N)cc1)c1ccccc1Oc1ccc(N)cc1.O=C(O)C1C(C(=O)O)C(C(=O)O)C1C(=O)O. The van der Waals surface area contributed by atoms with Crippen LogP contribution in [0.2, 0.25) is 0 Å². The molecule has 4 aromatic carbocycles. The number of hydrogen-bond donors (Lipinski definition) is 6. The maximum absolute atomic E-state index is 10.7. The monoisotopic (exact) mass is 642 g/mol. The molecule has 0 heterocycles. The van der Waals surface area contributed by atoms with Crippen molar-refractivity contribution < 1.29 is 49.1 Å². The Morgan fingerprint density at radius 3 is 1.06 bits per heavy atom. The lowest BCUT2D eigenvalue weighted by Crippen LogP contribution is -2.59. The van der Waals surface area contributed by atoms with Crippen molar-refractivity contribution in [1.82, 2.24) is 0 Å². The Hall–Kier alpha value is -6.04. The van der Waals surface area contributed by atoms with Gasteiger partial charge in [-0.05, 0) is 60.7 Å². The molecule has 1 aliphatic carbocycles. The summed E-state index contributed by atoms with van der Waals surface area (Å²) in [5.74, 6) is -10.2. The molecule has 12 heteroatoms. The highest BCUT2D eigenvalue weighted by atomic mass is 16.5. The first-order valence-corrected chi connectivity index (χ1v) is 14.4. The highest BCUT2D eigenvalue weighted by Gasteiger charge is 2.64. The van der Waals surface area contributed by atoms with Gasteiger partial charge in [0.2, 0.25) is 0 Å². The summed E-state index contributed by atoms with van der Waals surface area (Å²) in [6.45, 7) is 4.34. The standard InChI is InChI=1S/C27H26N2O2.C8H8O8/c1-27(2,23-7-3-5-9-25(23)30-21-15-11-19(28)12-16-21)24-8-4-6-10-26(24)31-22-17-13-20(29)14-18-22;9-5(10)1-2(6(11)12)4(8(15)16)3(1)7(13)14/h3-18H,28-29H2,1-2H3;1-4H,(H,9,10)(H,11,12)(H,13,14)(H,15,16). The van der Waals surface area contributed by atoms with E-state index < -0.39 is 47.5 Å². The first-order chi connectivity index (χ1) is 22.2. The van der Waals surface area contributed by atoms with Gasteiger partial charge >= 0.3 is 23.9 Å². The number of nitrogens with two attached hydrogens (primary N) is 2. The zero-order valence-corrected chi connectivity index (χ0v) is 25.4. The zero-order chi connectivity index (χ0) is 34.5. The number of anilines is 2. The Labute approximate surface area is 269 Å². The Morgan fingerprint density at radius 1 is 0.511 bits per heavy atom. The first-order valence-electron chi connectivity index (χ1n) is 14.4. The fourth-order valence-corrected chi connectivity index (χ4v) is 5.59. The molecule has 0 amide bonds. The average Bonchev–Trinajstić information content (AvgIpc) is 2.99. The first kappa shape index (κ1) is 33.8. The van der Waals surface area contributed by atoms with Crippen molar-refractivity contribution in [2.45, 2.75) is 19.3 Å². The predicted molar refractivity (Wildman–Crippen MR) is 171 cm³/mol. The van der Waals surface area contributed by atoms with Gasteiger partial charge in [-0.25, -0.2) is 0 Å². The van der Waals surface area contributed by atoms with Gasteiger partial charge in [-0.2, -0.15) is 0 Å². The van der Waals surface area contributed by atoms with Crippen LogP contribution in [0.5, 0.6) is 23.0 Å². The number of nitrogen functional groups attached to an aromatic ring is 2. The van der Waals surface area contributed by atoms with Crippen LogP contribution in [0.3, 0.4) is 0 Å². The Kier molecular flexibility index (Phi) is 10.0. The molecular formula is C35H34N2O10. The van der Waals surface area contributed by atoms with Gasteiger partial charge in [-0.3, -0.25) is 19.2 Å². The van der Waals surface area contributed by atoms with E-state index in [1.807, 2.05) is 84.9 Å². The summed E-state index contributed by atoms with van der Waals surface area (Å²) < 4.78 is 12.5. The number of ether oxygens (including phenoxy) is 2. The summed E-state index contributed by atoms with van der Waals surface area (Å²) in [4.78, 5) is 42.6. The van der Waals surface area contributed by atoms with Gasteiger partial charge in [0.25, 0.3) is 0 Å². The molecule has 12 nitrogen and oxygen atoms in total. The average molecular weight is 643 g/mol. The Morgan fingerprint density at radius 2 is 0.787 bits per heavy atom. The molecule has 4 aromatic rings. The number of rotatable bonds is 10. The van der Waals surface area contributed by atoms with Gasteiger partial charge in [-0.1, -0.05) is 50.2 Å². The number of benzene rings is 4. The zero-order valence-electron chi connectivity index (χ0n) is 25.4. The molecule has 244 valence electrons. The fourth-order valence-electron chi connectivity index (χ4n) is 5.59. The van der Waals surface area contributed by atoms with E-state index in [0.717, 1.165) is 34.1 Å². The molecule has 0 bridgehead atoms. The lowest BCUT2D eigenvalue weighted by molar-refractivity contribution is -0.191. The van der Waals surface area contributed by atoms with Crippen molar-refractivity contribution in [1.29, 1.82) is 0 Å². The molecule has 0 saturated heterocycles. The molecule has 0 aliphatic heterocycles. The predicted octanol–water partition coefficient (Wildman–Crippen LogP) is 5.56. The van der Waals surface area contributed by atoms with Crippen molar-refractivity contribution in [3.8, 4) is 23.0 Å². The maximum Gasteiger partial charge on any atom is 0.308 e. The van der Waals surface area contributed by atoms with Crippen molar-refractivity contribution in [3.05, 3.63) is 108 Å². The molecular weight excluding hydrogens is 608 g/mol. The number of carboxylic acid groups (broad SMARTS) is 4. The van der Waals surface area contributed by atoms with Crippen LogP contribution in [0.15, 0.2) is 97.1 Å². The van der Waals surface area contributed by atoms with E-state index in [2.05, 4.69) is 26.0 Å². The van der Waals surface area contributed by atoms with Crippen LogP contribution in [-0.2, 0) is 24.6 Å². The molecule has 0 unspecified atom stereocenters. The molecule has 47 heavy (non-hydrogen) atoms. The van der Waals surface area contributed by atoms with Crippen molar-refractivity contribution in [2.24, 2.45) is 23.7 Å². The largest absolute Gasteiger partial charge is 0.481 e. The summed E-state index contributed by atoms with van der Waals surface area (Å²) in [5, 5.41) is 34.6. The third-order valence-corrected chi connectivity index (χ3v) is 8.02. The molecule has 5 rings (SSSR count). The van der Waals surface area contributed by atoms with Crippen LogP contribution in [-0.4, -0.2) is 44.3 Å². The van der Waals surface area contributed by atoms with Gasteiger partial charge in [0.1, 0.15) is 23.0 Å². The van der Waals surface area contributed by atoms with E-state index in [-0.39, 0.29) is 5.41 Å². The van der Waals surface area contributed by atoms with Crippen LogP contribution in [0.1, 0.15) is 25.0 Å². The van der Waals surface area contributed by atoms with Crippen LogP contribution in [0.4, 0.5) is 11.4 Å². The normalized spacial score (nSPS) is 18.4. The maximum atomic E-state index is 10.7. The van der Waals surface area contributed by atoms with Crippen molar-refractivity contribution in [3.63, 3.8) is 0 Å². The molecule has 1 saturated carbocycles. The van der Waals surface area contributed by atoms with Gasteiger partial charge in [-0.15, -0.1) is 0 Å². The molecule has 8 N–H and O–H groups in total. The molecule has 0 spiro atoms. The smallest absolute Gasteiger partial charge is 0.308 e. The molecule has 0 radical (unpaired) electrons. The summed E-state index contributed by atoms with van der Waals surface area (Å²) in [6, 6.07) is 31.0. The van der Waals surface area contributed by atoms with Gasteiger partial charge in [0, 0.05) is 27.9 Å².